The molecule has 2 atom stereocenters. The molecule has 0 spiro atoms. The molecule has 1 aliphatic heterocycles. The highest BCUT2D eigenvalue weighted by atomic mass is 32.2. The molecule has 116 valence electrons. The second kappa shape index (κ2) is 6.42. The van der Waals surface area contributed by atoms with E-state index in [4.69, 9.17) is 14.6 Å². The van der Waals surface area contributed by atoms with Gasteiger partial charge in [0.1, 0.15) is 5.75 Å². The molecule has 0 bridgehead atoms. The zero-order valence-corrected chi connectivity index (χ0v) is 12.3. The van der Waals surface area contributed by atoms with Gasteiger partial charge in [0.05, 0.1) is 18.9 Å². The van der Waals surface area contributed by atoms with Gasteiger partial charge in [-0.25, -0.2) is 17.9 Å². The fourth-order valence-corrected chi connectivity index (χ4v) is 3.61. The van der Waals surface area contributed by atoms with E-state index in [9.17, 15) is 13.2 Å². The smallest absolute Gasteiger partial charge is 0.334 e. The molecule has 1 aromatic carbocycles. The Kier molecular flexibility index (Phi) is 4.81. The van der Waals surface area contributed by atoms with E-state index in [1.807, 2.05) is 0 Å². The van der Waals surface area contributed by atoms with Crippen LogP contribution in [0.3, 0.4) is 0 Å². The Labute approximate surface area is 122 Å². The highest BCUT2D eigenvalue weighted by Crippen LogP contribution is 2.18. The number of nitrogens with one attached hydrogen (secondary N) is 1. The predicted octanol–water partition coefficient (Wildman–Crippen LogP) is 0.357. The van der Waals surface area contributed by atoms with Gasteiger partial charge < -0.3 is 14.6 Å². The van der Waals surface area contributed by atoms with Gasteiger partial charge in [-0.2, -0.15) is 0 Å². The molecule has 0 aliphatic carbocycles. The number of carbonyl (C=O) groups is 1. The molecular formula is C13H17NO6S. The Morgan fingerprint density at radius 3 is 2.95 bits per heavy atom. The number of rotatable bonds is 6. The molecule has 1 aliphatic rings. The van der Waals surface area contributed by atoms with Gasteiger partial charge in [0.15, 0.2) is 6.10 Å². The molecule has 7 nitrogen and oxygen atoms in total. The summed E-state index contributed by atoms with van der Waals surface area (Å²) in [6, 6.07) is 5.97. The molecular weight excluding hydrogens is 298 g/mol. The summed E-state index contributed by atoms with van der Waals surface area (Å²) in [5.74, 6) is -0.843. The molecule has 21 heavy (non-hydrogen) atoms. The zero-order valence-electron chi connectivity index (χ0n) is 11.5. The van der Waals surface area contributed by atoms with Crippen molar-refractivity contribution in [3.05, 3.63) is 29.8 Å². The summed E-state index contributed by atoms with van der Waals surface area (Å²) in [5.41, 5.74) is 0.563. The number of carboxylic acid groups (broad SMARTS) is 1. The van der Waals surface area contributed by atoms with Crippen molar-refractivity contribution < 1.29 is 27.8 Å². The summed E-state index contributed by atoms with van der Waals surface area (Å²) in [5, 5.41) is 8.96. The fraction of sp³-hybridized carbons (Fsp3) is 0.462. The van der Waals surface area contributed by atoms with Gasteiger partial charge >= 0.3 is 5.97 Å². The highest BCUT2D eigenvalue weighted by molar-refractivity contribution is 7.88. The average molecular weight is 315 g/mol. The quantitative estimate of drug-likeness (QED) is 0.786. The predicted molar refractivity (Wildman–Crippen MR) is 74.5 cm³/mol. The van der Waals surface area contributed by atoms with Crippen molar-refractivity contribution in [2.24, 2.45) is 0 Å². The minimum Gasteiger partial charge on any atom is -0.497 e. The van der Waals surface area contributed by atoms with Crippen LogP contribution < -0.4 is 9.46 Å². The topological polar surface area (TPSA) is 102 Å². The number of carboxylic acids is 1. The summed E-state index contributed by atoms with van der Waals surface area (Å²) in [7, 11) is -2.16. The van der Waals surface area contributed by atoms with Crippen LogP contribution in [0.1, 0.15) is 12.0 Å². The van der Waals surface area contributed by atoms with E-state index in [2.05, 4.69) is 4.72 Å². The van der Waals surface area contributed by atoms with Crippen LogP contribution in [0.25, 0.3) is 0 Å². The van der Waals surface area contributed by atoms with Crippen molar-refractivity contribution in [3.8, 4) is 5.75 Å². The lowest BCUT2D eigenvalue weighted by Crippen LogP contribution is -2.44. The molecule has 2 rings (SSSR count). The lowest BCUT2D eigenvalue weighted by atomic mass is 10.1. The first-order valence-electron chi connectivity index (χ1n) is 6.38. The zero-order chi connectivity index (χ0) is 15.5. The van der Waals surface area contributed by atoms with Gasteiger partial charge in [-0.1, -0.05) is 12.1 Å². The molecule has 1 fully saturated rings. The number of ether oxygens (including phenoxy) is 2. The largest absolute Gasteiger partial charge is 0.497 e. The molecule has 0 unspecified atom stereocenters. The monoisotopic (exact) mass is 315 g/mol. The average Bonchev–Trinajstić information content (AvgIpc) is 2.85. The van der Waals surface area contributed by atoms with Gasteiger partial charge in [0, 0.05) is 6.61 Å². The van der Waals surface area contributed by atoms with E-state index in [1.54, 1.807) is 24.3 Å². The number of hydrogen-bond donors (Lipinski definition) is 2. The van der Waals surface area contributed by atoms with Crippen LogP contribution in [0.5, 0.6) is 5.75 Å². The fourth-order valence-electron chi connectivity index (χ4n) is 2.21. The number of methoxy groups -OCH3 is 1. The molecule has 0 aromatic heterocycles. The first-order valence-corrected chi connectivity index (χ1v) is 8.04. The third kappa shape index (κ3) is 4.16. The maximum absolute atomic E-state index is 12.1. The number of hydrogen-bond acceptors (Lipinski definition) is 5. The number of benzene rings is 1. The summed E-state index contributed by atoms with van der Waals surface area (Å²) in [4.78, 5) is 11.0. The SMILES string of the molecule is COc1cccc(CS(=O)(=O)N[C@@H]2CCO[C@@H]2C(=O)O)c1. The molecule has 0 saturated carbocycles. The van der Waals surface area contributed by atoms with E-state index < -0.39 is 28.1 Å². The van der Waals surface area contributed by atoms with Gasteiger partial charge in [-0.15, -0.1) is 0 Å². The van der Waals surface area contributed by atoms with Gasteiger partial charge in [0.25, 0.3) is 0 Å². The van der Waals surface area contributed by atoms with Crippen molar-refractivity contribution in [2.45, 2.75) is 24.3 Å². The van der Waals surface area contributed by atoms with Crippen LogP contribution >= 0.6 is 0 Å². The van der Waals surface area contributed by atoms with Crippen LogP contribution in [0.4, 0.5) is 0 Å². The third-order valence-corrected chi connectivity index (χ3v) is 4.53. The Hall–Kier alpha value is -1.64. The lowest BCUT2D eigenvalue weighted by molar-refractivity contribution is -0.147. The van der Waals surface area contributed by atoms with Gasteiger partial charge in [0.2, 0.25) is 10.0 Å². The van der Waals surface area contributed by atoms with E-state index in [0.29, 0.717) is 17.7 Å². The lowest BCUT2D eigenvalue weighted by Gasteiger charge is -2.16. The van der Waals surface area contributed by atoms with Crippen LogP contribution in [0.15, 0.2) is 24.3 Å². The first-order chi connectivity index (χ1) is 9.91. The van der Waals surface area contributed by atoms with Gasteiger partial charge in [-0.05, 0) is 24.1 Å². The van der Waals surface area contributed by atoms with E-state index in [1.165, 1.54) is 7.11 Å². The summed E-state index contributed by atoms with van der Waals surface area (Å²) >= 11 is 0. The minimum absolute atomic E-state index is 0.226. The maximum atomic E-state index is 12.1. The Bertz CT molecular complexity index is 615. The Morgan fingerprint density at radius 2 is 2.29 bits per heavy atom. The third-order valence-electron chi connectivity index (χ3n) is 3.16. The van der Waals surface area contributed by atoms with Crippen molar-refractivity contribution in [1.29, 1.82) is 0 Å². The molecule has 2 N–H and O–H groups in total. The number of aliphatic carboxylic acids is 1. The van der Waals surface area contributed by atoms with Crippen molar-refractivity contribution in [2.75, 3.05) is 13.7 Å². The maximum Gasteiger partial charge on any atom is 0.334 e. The summed E-state index contributed by atoms with van der Waals surface area (Å²) in [6.07, 6.45) is -0.793. The van der Waals surface area contributed by atoms with Crippen LogP contribution in [0.2, 0.25) is 0 Å². The van der Waals surface area contributed by atoms with Crippen LogP contribution in [-0.2, 0) is 25.3 Å². The van der Waals surface area contributed by atoms with Crippen molar-refractivity contribution in [3.63, 3.8) is 0 Å². The summed E-state index contributed by atoms with van der Waals surface area (Å²) < 4.78 is 36.7. The standard InChI is InChI=1S/C13H17NO6S/c1-19-10-4-2-3-9(7-10)8-21(17,18)14-11-5-6-20-12(11)13(15)16/h2-4,7,11-12,14H,5-6,8H2,1H3,(H,15,16)/t11-,12+/m1/s1. The van der Waals surface area contributed by atoms with Crippen molar-refractivity contribution in [1.82, 2.24) is 4.72 Å². The Balaban J connectivity index is 2.06. The van der Waals surface area contributed by atoms with Crippen LogP contribution in [0, 0.1) is 0 Å². The molecule has 0 amide bonds. The molecule has 1 aromatic rings. The Morgan fingerprint density at radius 1 is 1.52 bits per heavy atom. The van der Waals surface area contributed by atoms with Gasteiger partial charge in [-0.3, -0.25) is 0 Å². The summed E-state index contributed by atoms with van der Waals surface area (Å²) in [6.45, 7) is 0.226. The van der Waals surface area contributed by atoms with E-state index >= 15 is 0 Å². The molecule has 8 heteroatoms. The normalized spacial score (nSPS) is 22.1. The van der Waals surface area contributed by atoms with Crippen molar-refractivity contribution >= 4 is 16.0 Å². The van der Waals surface area contributed by atoms with E-state index in [-0.39, 0.29) is 12.4 Å². The molecule has 1 saturated heterocycles. The second-order valence-electron chi connectivity index (χ2n) is 4.75. The highest BCUT2D eigenvalue weighted by Gasteiger charge is 2.36. The van der Waals surface area contributed by atoms with E-state index in [0.717, 1.165) is 0 Å². The van der Waals surface area contributed by atoms with Crippen LogP contribution in [-0.4, -0.2) is 45.4 Å². The molecule has 0 radical (unpaired) electrons. The second-order valence-corrected chi connectivity index (χ2v) is 6.51. The first kappa shape index (κ1) is 15.7. The minimum atomic E-state index is -3.66. The molecule has 1 heterocycles. The number of sulfonamides is 1.